The lowest BCUT2D eigenvalue weighted by Gasteiger charge is -2.35. The highest BCUT2D eigenvalue weighted by atomic mass is 16.5. The number of ether oxygens (including phenoxy) is 1. The van der Waals surface area contributed by atoms with E-state index < -0.39 is 11.4 Å². The van der Waals surface area contributed by atoms with Crippen LogP contribution in [0.3, 0.4) is 0 Å². The molecule has 3 rings (SSSR count). The van der Waals surface area contributed by atoms with Crippen LogP contribution in [0.25, 0.3) is 0 Å². The molecule has 0 aliphatic carbocycles. The summed E-state index contributed by atoms with van der Waals surface area (Å²) in [6.07, 6.45) is 1.69. The van der Waals surface area contributed by atoms with Crippen LogP contribution < -0.4 is 9.80 Å². The number of aromatic nitrogens is 2. The predicted molar refractivity (Wildman–Crippen MR) is 95.4 cm³/mol. The molecule has 8 heteroatoms. The molecule has 1 aromatic heterocycles. The SMILES string of the molecule is CN1CCN(c2ncc(C(C)(C)C(=O)O)c(N3CCOCC3)n2)CC1. The van der Waals surface area contributed by atoms with Gasteiger partial charge in [0.25, 0.3) is 0 Å². The summed E-state index contributed by atoms with van der Waals surface area (Å²) in [5.74, 6) is 0.525. The minimum absolute atomic E-state index is 0.626. The van der Waals surface area contributed by atoms with Crippen LogP contribution in [0.5, 0.6) is 0 Å². The maximum Gasteiger partial charge on any atom is 0.313 e. The van der Waals surface area contributed by atoms with Crippen LogP contribution in [0.4, 0.5) is 11.8 Å². The van der Waals surface area contributed by atoms with E-state index in [4.69, 9.17) is 9.72 Å². The van der Waals surface area contributed by atoms with Crippen molar-refractivity contribution in [3.05, 3.63) is 11.8 Å². The summed E-state index contributed by atoms with van der Waals surface area (Å²) in [6, 6.07) is 0. The third-order valence-electron chi connectivity index (χ3n) is 5.06. The number of hydrogen-bond donors (Lipinski definition) is 1. The fourth-order valence-corrected chi connectivity index (χ4v) is 3.09. The molecule has 8 nitrogen and oxygen atoms in total. The number of carboxylic acids is 1. The van der Waals surface area contributed by atoms with E-state index in [1.54, 1.807) is 20.0 Å². The summed E-state index contributed by atoms with van der Waals surface area (Å²) in [7, 11) is 2.11. The lowest BCUT2D eigenvalue weighted by Crippen LogP contribution is -2.46. The number of rotatable bonds is 4. The number of morpholine rings is 1. The summed E-state index contributed by atoms with van der Waals surface area (Å²) < 4.78 is 5.44. The van der Waals surface area contributed by atoms with Gasteiger partial charge in [0.05, 0.1) is 18.6 Å². The monoisotopic (exact) mass is 349 g/mol. The Labute approximate surface area is 148 Å². The van der Waals surface area contributed by atoms with Crippen LogP contribution >= 0.6 is 0 Å². The summed E-state index contributed by atoms with van der Waals surface area (Å²) in [6.45, 7) is 9.77. The molecule has 1 N–H and O–H groups in total. The third kappa shape index (κ3) is 3.69. The smallest absolute Gasteiger partial charge is 0.313 e. The maximum atomic E-state index is 11.8. The Morgan fingerprint density at radius 1 is 1.12 bits per heavy atom. The van der Waals surface area contributed by atoms with Crippen LogP contribution in [0.15, 0.2) is 6.20 Å². The maximum absolute atomic E-state index is 11.8. The molecule has 0 unspecified atom stereocenters. The van der Waals surface area contributed by atoms with Gasteiger partial charge in [0.2, 0.25) is 5.95 Å². The molecule has 2 aliphatic heterocycles. The summed E-state index contributed by atoms with van der Waals surface area (Å²) >= 11 is 0. The molecule has 0 atom stereocenters. The van der Waals surface area contributed by atoms with E-state index in [2.05, 4.69) is 26.7 Å². The van der Waals surface area contributed by atoms with E-state index >= 15 is 0 Å². The van der Waals surface area contributed by atoms with Gasteiger partial charge in [-0.2, -0.15) is 4.98 Å². The number of aliphatic carboxylic acids is 1. The van der Waals surface area contributed by atoms with Crippen LogP contribution in [0.1, 0.15) is 19.4 Å². The molecule has 0 saturated carbocycles. The highest BCUT2D eigenvalue weighted by Crippen LogP contribution is 2.32. The molecule has 0 spiro atoms. The standard InChI is InChI=1S/C17H27N5O3/c1-17(2,15(23)24)13-12-18-16(22-6-4-20(3)5-7-22)19-14(13)21-8-10-25-11-9-21/h12H,4-11H2,1-3H3,(H,23,24). The fraction of sp³-hybridized carbons (Fsp3) is 0.706. The van der Waals surface area contributed by atoms with Crippen LogP contribution in [-0.4, -0.2) is 85.5 Å². The van der Waals surface area contributed by atoms with Gasteiger partial charge in [-0.05, 0) is 20.9 Å². The molecule has 0 amide bonds. The fourth-order valence-electron chi connectivity index (χ4n) is 3.09. The minimum Gasteiger partial charge on any atom is -0.481 e. The van der Waals surface area contributed by atoms with Gasteiger partial charge in [0.15, 0.2) is 0 Å². The van der Waals surface area contributed by atoms with Gasteiger partial charge >= 0.3 is 5.97 Å². The lowest BCUT2D eigenvalue weighted by atomic mass is 9.85. The molecule has 2 saturated heterocycles. The van der Waals surface area contributed by atoms with Crippen molar-refractivity contribution >= 4 is 17.7 Å². The molecule has 2 fully saturated rings. The van der Waals surface area contributed by atoms with Crippen LogP contribution in [0, 0.1) is 0 Å². The third-order valence-corrected chi connectivity index (χ3v) is 5.06. The Hall–Kier alpha value is -1.93. The molecule has 3 heterocycles. The van der Waals surface area contributed by atoms with E-state index in [1.807, 2.05) is 0 Å². The lowest BCUT2D eigenvalue weighted by molar-refractivity contribution is -0.142. The van der Waals surface area contributed by atoms with Crippen molar-refractivity contribution in [2.75, 3.05) is 69.3 Å². The largest absolute Gasteiger partial charge is 0.481 e. The van der Waals surface area contributed by atoms with Crippen molar-refractivity contribution in [3.63, 3.8) is 0 Å². The van der Waals surface area contributed by atoms with E-state index in [0.29, 0.717) is 37.8 Å². The Balaban J connectivity index is 1.96. The second kappa shape index (κ2) is 7.13. The summed E-state index contributed by atoms with van der Waals surface area (Å²) in [5.41, 5.74) is -0.395. The van der Waals surface area contributed by atoms with E-state index in [-0.39, 0.29) is 0 Å². The van der Waals surface area contributed by atoms with Gasteiger partial charge in [-0.3, -0.25) is 4.79 Å². The molecule has 2 aliphatic rings. The molecular weight excluding hydrogens is 322 g/mol. The first kappa shape index (κ1) is 17.9. The van der Waals surface area contributed by atoms with Crippen molar-refractivity contribution in [1.29, 1.82) is 0 Å². The first-order valence-electron chi connectivity index (χ1n) is 8.76. The number of carboxylic acid groups (broad SMARTS) is 1. The Kier molecular flexibility index (Phi) is 5.10. The summed E-state index contributed by atoms with van der Waals surface area (Å²) in [5, 5.41) is 9.65. The highest BCUT2D eigenvalue weighted by molar-refractivity contribution is 5.82. The molecule has 138 valence electrons. The van der Waals surface area contributed by atoms with Crippen molar-refractivity contribution < 1.29 is 14.6 Å². The zero-order chi connectivity index (χ0) is 18.0. The van der Waals surface area contributed by atoms with Gasteiger partial charge in [-0.15, -0.1) is 0 Å². The number of carbonyl (C=O) groups is 1. The zero-order valence-electron chi connectivity index (χ0n) is 15.2. The molecule has 0 radical (unpaired) electrons. The van der Waals surface area contributed by atoms with Crippen molar-refractivity contribution in [3.8, 4) is 0 Å². The number of piperazine rings is 1. The Morgan fingerprint density at radius 2 is 1.76 bits per heavy atom. The van der Waals surface area contributed by atoms with Gasteiger partial charge in [0, 0.05) is 51.0 Å². The Bertz CT molecular complexity index is 623. The average molecular weight is 349 g/mol. The predicted octanol–water partition coefficient (Wildman–Crippen LogP) is 0.427. The van der Waals surface area contributed by atoms with Gasteiger partial charge in [-0.1, -0.05) is 0 Å². The molecule has 0 aromatic carbocycles. The van der Waals surface area contributed by atoms with Gasteiger partial charge in [-0.25, -0.2) is 4.98 Å². The van der Waals surface area contributed by atoms with Crippen LogP contribution in [-0.2, 0) is 14.9 Å². The molecular formula is C17H27N5O3. The molecule has 1 aromatic rings. The minimum atomic E-state index is -1.05. The van der Waals surface area contributed by atoms with Crippen LogP contribution in [0.2, 0.25) is 0 Å². The number of nitrogens with zero attached hydrogens (tertiary/aromatic N) is 5. The number of likely N-dealkylation sites (N-methyl/N-ethyl adjacent to an activating group) is 1. The van der Waals surface area contributed by atoms with Crippen molar-refractivity contribution in [2.45, 2.75) is 19.3 Å². The average Bonchev–Trinajstić information content (AvgIpc) is 2.62. The zero-order valence-corrected chi connectivity index (χ0v) is 15.2. The van der Waals surface area contributed by atoms with E-state index in [9.17, 15) is 9.90 Å². The van der Waals surface area contributed by atoms with Gasteiger partial charge in [0.1, 0.15) is 5.82 Å². The van der Waals surface area contributed by atoms with Gasteiger partial charge < -0.3 is 24.5 Å². The van der Waals surface area contributed by atoms with E-state index in [0.717, 1.165) is 32.0 Å². The normalized spacial score (nSPS) is 20.0. The van der Waals surface area contributed by atoms with Crippen molar-refractivity contribution in [2.24, 2.45) is 0 Å². The second-order valence-corrected chi connectivity index (χ2v) is 7.23. The quantitative estimate of drug-likeness (QED) is 0.838. The topological polar surface area (TPSA) is 82.0 Å². The molecule has 0 bridgehead atoms. The highest BCUT2D eigenvalue weighted by Gasteiger charge is 2.35. The second-order valence-electron chi connectivity index (χ2n) is 7.23. The molecule has 25 heavy (non-hydrogen) atoms. The van der Waals surface area contributed by atoms with E-state index in [1.165, 1.54) is 0 Å². The first-order valence-corrected chi connectivity index (χ1v) is 8.76. The van der Waals surface area contributed by atoms with Crippen molar-refractivity contribution in [1.82, 2.24) is 14.9 Å². The first-order chi connectivity index (χ1) is 11.9. The Morgan fingerprint density at radius 3 is 2.36 bits per heavy atom. The summed E-state index contributed by atoms with van der Waals surface area (Å²) in [4.78, 5) is 27.6. The number of anilines is 2. The number of hydrogen-bond acceptors (Lipinski definition) is 7.